The highest BCUT2D eigenvalue weighted by atomic mass is 16.5. The van der Waals surface area contributed by atoms with Crippen LogP contribution in [0, 0.1) is 6.92 Å². The molecule has 5 heteroatoms. The molecule has 0 radical (unpaired) electrons. The monoisotopic (exact) mass is 320 g/mol. The van der Waals surface area contributed by atoms with Crippen LogP contribution in [0.4, 0.5) is 0 Å². The quantitative estimate of drug-likeness (QED) is 0.698. The smallest absolute Gasteiger partial charge is 0.154 e. The second-order valence-electron chi connectivity index (χ2n) is 6.15. The lowest BCUT2D eigenvalue weighted by molar-refractivity contribution is 0.318. The largest absolute Gasteiger partial charge is 0.493 e. The minimum atomic E-state index is 0.530. The van der Waals surface area contributed by atoms with E-state index < -0.39 is 0 Å². The number of hydrogen-bond acceptors (Lipinski definition) is 4. The van der Waals surface area contributed by atoms with E-state index >= 15 is 0 Å². The van der Waals surface area contributed by atoms with Gasteiger partial charge < -0.3 is 4.74 Å². The van der Waals surface area contributed by atoms with Gasteiger partial charge in [0.2, 0.25) is 0 Å². The number of benzene rings is 1. The van der Waals surface area contributed by atoms with E-state index in [2.05, 4.69) is 4.98 Å². The topological polar surface area (TPSA) is 52.8 Å². The molecule has 3 aromatic rings. The summed E-state index contributed by atoms with van der Waals surface area (Å²) in [6, 6.07) is 11.9. The molecule has 0 aliphatic heterocycles. The van der Waals surface area contributed by atoms with Gasteiger partial charge in [-0.15, -0.1) is 0 Å². The fourth-order valence-electron chi connectivity index (χ4n) is 2.71. The molecular weight excluding hydrogens is 300 g/mol. The Morgan fingerprint density at radius 2 is 2.00 bits per heavy atom. The van der Waals surface area contributed by atoms with Crippen LogP contribution in [-0.4, -0.2) is 26.4 Å². The first-order valence-corrected chi connectivity index (χ1v) is 8.36. The second-order valence-corrected chi connectivity index (χ2v) is 6.15. The van der Waals surface area contributed by atoms with Crippen molar-refractivity contribution in [2.24, 2.45) is 0 Å². The van der Waals surface area contributed by atoms with E-state index in [9.17, 15) is 0 Å². The lowest BCUT2D eigenvalue weighted by atomic mass is 10.2. The Morgan fingerprint density at radius 3 is 2.75 bits per heavy atom. The zero-order valence-corrected chi connectivity index (χ0v) is 13.7. The number of aryl methyl sites for hydroxylation is 1. The van der Waals surface area contributed by atoms with Crippen LogP contribution in [0.1, 0.15) is 36.0 Å². The van der Waals surface area contributed by atoms with Crippen molar-refractivity contribution in [3.05, 3.63) is 66.0 Å². The molecule has 122 valence electrons. The summed E-state index contributed by atoms with van der Waals surface area (Å²) < 4.78 is 7.78. The number of para-hydroxylation sites is 1. The Balaban J connectivity index is 1.56. The molecule has 1 saturated carbocycles. The molecular formula is C19H20N4O. The minimum Gasteiger partial charge on any atom is -0.493 e. The van der Waals surface area contributed by atoms with Gasteiger partial charge >= 0.3 is 0 Å². The molecule has 4 rings (SSSR count). The molecule has 2 aromatic heterocycles. The van der Waals surface area contributed by atoms with Gasteiger partial charge in [-0.25, -0.2) is 9.67 Å². The van der Waals surface area contributed by atoms with Crippen LogP contribution < -0.4 is 4.74 Å². The Morgan fingerprint density at radius 1 is 1.17 bits per heavy atom. The molecule has 0 spiro atoms. The molecule has 0 saturated heterocycles. The normalized spacial score (nSPS) is 13.9. The second kappa shape index (κ2) is 6.43. The Bertz CT molecular complexity index is 824. The van der Waals surface area contributed by atoms with Crippen molar-refractivity contribution < 1.29 is 4.74 Å². The van der Waals surface area contributed by atoms with Crippen LogP contribution in [0.2, 0.25) is 0 Å². The van der Waals surface area contributed by atoms with Crippen LogP contribution in [0.3, 0.4) is 0 Å². The first-order chi connectivity index (χ1) is 11.8. The summed E-state index contributed by atoms with van der Waals surface area (Å²) in [6.07, 6.45) is 6.76. The standard InChI is InChI=1S/C19H20N4O/c1-14-13-20-11-9-17(14)23-18(21-19(22-23)15-7-8-15)10-12-24-16-5-3-2-4-6-16/h2-6,9,11,13,15H,7-8,10,12H2,1H3. The van der Waals surface area contributed by atoms with Crippen molar-refractivity contribution in [2.75, 3.05) is 6.61 Å². The van der Waals surface area contributed by atoms with Gasteiger partial charge in [-0.1, -0.05) is 18.2 Å². The van der Waals surface area contributed by atoms with Crippen molar-refractivity contribution in [3.8, 4) is 11.4 Å². The maximum Gasteiger partial charge on any atom is 0.154 e. The van der Waals surface area contributed by atoms with Crippen molar-refractivity contribution in [2.45, 2.75) is 32.1 Å². The van der Waals surface area contributed by atoms with Crippen LogP contribution >= 0.6 is 0 Å². The van der Waals surface area contributed by atoms with E-state index in [0.717, 1.165) is 35.1 Å². The molecule has 0 bridgehead atoms. The van der Waals surface area contributed by atoms with E-state index in [1.807, 2.05) is 54.2 Å². The third kappa shape index (κ3) is 3.15. The summed E-state index contributed by atoms with van der Waals surface area (Å²) >= 11 is 0. The zero-order valence-electron chi connectivity index (χ0n) is 13.7. The summed E-state index contributed by atoms with van der Waals surface area (Å²) in [6.45, 7) is 2.63. The van der Waals surface area contributed by atoms with Crippen LogP contribution in [0.15, 0.2) is 48.8 Å². The first-order valence-electron chi connectivity index (χ1n) is 8.36. The molecule has 0 N–H and O–H groups in total. The van der Waals surface area contributed by atoms with Crippen molar-refractivity contribution in [1.82, 2.24) is 19.7 Å². The maximum absolute atomic E-state index is 5.82. The van der Waals surface area contributed by atoms with E-state index in [-0.39, 0.29) is 0 Å². The number of rotatable bonds is 6. The van der Waals surface area contributed by atoms with Crippen molar-refractivity contribution >= 4 is 0 Å². The molecule has 0 amide bonds. The molecule has 0 atom stereocenters. The lowest BCUT2D eigenvalue weighted by Gasteiger charge is -2.09. The summed E-state index contributed by atoms with van der Waals surface area (Å²) in [5.74, 6) is 3.32. The number of pyridine rings is 1. The van der Waals surface area contributed by atoms with E-state index in [1.165, 1.54) is 12.8 Å². The molecule has 1 fully saturated rings. The molecule has 2 heterocycles. The average Bonchev–Trinajstić information content (AvgIpc) is 3.38. The van der Waals surface area contributed by atoms with Crippen LogP contribution in [0.5, 0.6) is 5.75 Å². The van der Waals surface area contributed by atoms with Crippen LogP contribution in [-0.2, 0) is 6.42 Å². The van der Waals surface area contributed by atoms with E-state index in [1.54, 1.807) is 6.20 Å². The van der Waals surface area contributed by atoms with Gasteiger partial charge in [0.1, 0.15) is 11.6 Å². The summed E-state index contributed by atoms with van der Waals surface area (Å²) in [5.41, 5.74) is 2.13. The molecule has 5 nitrogen and oxygen atoms in total. The Hall–Kier alpha value is -2.69. The van der Waals surface area contributed by atoms with Crippen molar-refractivity contribution in [1.29, 1.82) is 0 Å². The molecule has 0 unspecified atom stereocenters. The van der Waals surface area contributed by atoms with Gasteiger partial charge in [-0.3, -0.25) is 4.98 Å². The third-order valence-corrected chi connectivity index (χ3v) is 4.19. The van der Waals surface area contributed by atoms with Crippen molar-refractivity contribution in [3.63, 3.8) is 0 Å². The number of nitrogens with zero attached hydrogens (tertiary/aromatic N) is 4. The average molecular weight is 320 g/mol. The molecule has 24 heavy (non-hydrogen) atoms. The number of ether oxygens (including phenoxy) is 1. The fraction of sp³-hybridized carbons (Fsp3) is 0.316. The number of aromatic nitrogens is 4. The molecule has 1 aromatic carbocycles. The lowest BCUT2D eigenvalue weighted by Crippen LogP contribution is -2.09. The Kier molecular flexibility index (Phi) is 3.99. The van der Waals surface area contributed by atoms with Gasteiger partial charge in [0, 0.05) is 24.7 Å². The molecule has 1 aliphatic rings. The molecule has 1 aliphatic carbocycles. The zero-order chi connectivity index (χ0) is 16.4. The van der Waals surface area contributed by atoms with Gasteiger partial charge in [0.05, 0.1) is 12.3 Å². The van der Waals surface area contributed by atoms with Crippen LogP contribution in [0.25, 0.3) is 5.69 Å². The SMILES string of the molecule is Cc1cnccc1-n1nc(C2CC2)nc1CCOc1ccccc1. The highest BCUT2D eigenvalue weighted by Gasteiger charge is 2.29. The van der Waals surface area contributed by atoms with Gasteiger partial charge in [0.15, 0.2) is 5.82 Å². The fourth-order valence-corrected chi connectivity index (χ4v) is 2.71. The minimum absolute atomic E-state index is 0.530. The highest BCUT2D eigenvalue weighted by molar-refractivity contribution is 5.38. The van der Waals surface area contributed by atoms with E-state index in [4.69, 9.17) is 14.8 Å². The predicted octanol–water partition coefficient (Wildman–Crippen LogP) is 3.47. The van der Waals surface area contributed by atoms with Gasteiger partial charge in [-0.05, 0) is 43.5 Å². The van der Waals surface area contributed by atoms with E-state index in [0.29, 0.717) is 12.5 Å². The summed E-state index contributed by atoms with van der Waals surface area (Å²) in [5, 5.41) is 4.75. The summed E-state index contributed by atoms with van der Waals surface area (Å²) in [4.78, 5) is 8.94. The third-order valence-electron chi connectivity index (χ3n) is 4.19. The maximum atomic E-state index is 5.82. The summed E-state index contributed by atoms with van der Waals surface area (Å²) in [7, 11) is 0. The Labute approximate surface area is 141 Å². The predicted molar refractivity (Wildman–Crippen MR) is 91.5 cm³/mol. The first kappa shape index (κ1) is 14.9. The van der Waals surface area contributed by atoms with Gasteiger partial charge in [0.25, 0.3) is 0 Å². The highest BCUT2D eigenvalue weighted by Crippen LogP contribution is 2.38. The van der Waals surface area contributed by atoms with Gasteiger partial charge in [-0.2, -0.15) is 5.10 Å². The number of hydrogen-bond donors (Lipinski definition) is 0.